The number of non-ortho nitro benzene ring substituents is 1. The molecule has 1 heterocycles. The van der Waals surface area contributed by atoms with Gasteiger partial charge in [-0.05, 0) is 30.5 Å². The first-order valence-corrected chi connectivity index (χ1v) is 9.53. The highest BCUT2D eigenvalue weighted by atomic mass is 16.6. The van der Waals surface area contributed by atoms with Crippen LogP contribution in [0.4, 0.5) is 5.69 Å². The quantitative estimate of drug-likeness (QED) is 0.483. The minimum atomic E-state index is -0.461. The second-order valence-corrected chi connectivity index (χ2v) is 7.14. The molecule has 1 aliphatic carbocycles. The molecule has 148 valence electrons. The lowest BCUT2D eigenvalue weighted by atomic mass is 9.84. The maximum absolute atomic E-state index is 12.5. The second kappa shape index (κ2) is 8.22. The van der Waals surface area contributed by atoms with Crippen LogP contribution in [-0.2, 0) is 11.2 Å². The van der Waals surface area contributed by atoms with Crippen LogP contribution >= 0.6 is 0 Å². The number of carbonyl (C=O) groups excluding carboxylic acids is 1. The van der Waals surface area contributed by atoms with Crippen LogP contribution in [0.25, 0.3) is 11.4 Å². The van der Waals surface area contributed by atoms with Gasteiger partial charge in [0, 0.05) is 30.0 Å². The number of nitrogens with one attached hydrogen (secondary N) is 1. The molecule has 0 bridgehead atoms. The van der Waals surface area contributed by atoms with Crippen molar-refractivity contribution in [3.63, 3.8) is 0 Å². The van der Waals surface area contributed by atoms with Gasteiger partial charge < -0.3 is 9.84 Å². The fraction of sp³-hybridized carbons (Fsp3) is 0.286. The van der Waals surface area contributed by atoms with E-state index in [-0.39, 0.29) is 17.5 Å². The van der Waals surface area contributed by atoms with Crippen molar-refractivity contribution in [1.29, 1.82) is 0 Å². The molecule has 4 rings (SSSR count). The largest absolute Gasteiger partial charge is 0.344 e. The van der Waals surface area contributed by atoms with Gasteiger partial charge in [-0.1, -0.05) is 41.9 Å². The summed E-state index contributed by atoms with van der Waals surface area (Å²) in [6.45, 7) is 0. The van der Waals surface area contributed by atoms with Crippen molar-refractivity contribution in [2.24, 2.45) is 5.92 Å². The predicted octanol–water partition coefficient (Wildman–Crippen LogP) is 3.84. The number of benzene rings is 2. The number of aromatic nitrogens is 2. The molecule has 0 saturated heterocycles. The van der Waals surface area contributed by atoms with Crippen LogP contribution in [0.1, 0.15) is 36.8 Å². The number of nitrogens with zero attached hydrogens (tertiary/aromatic N) is 3. The van der Waals surface area contributed by atoms with Crippen LogP contribution in [0.15, 0.2) is 59.1 Å². The van der Waals surface area contributed by atoms with E-state index in [9.17, 15) is 14.9 Å². The van der Waals surface area contributed by atoms with E-state index in [1.165, 1.54) is 12.1 Å². The Hall–Kier alpha value is -3.55. The van der Waals surface area contributed by atoms with Gasteiger partial charge in [-0.25, -0.2) is 0 Å². The van der Waals surface area contributed by atoms with Gasteiger partial charge in [-0.3, -0.25) is 14.9 Å². The van der Waals surface area contributed by atoms with Gasteiger partial charge in [0.05, 0.1) is 4.92 Å². The standard InChI is InChI=1S/C21H20N4O4/c26-20(16-7-4-8-16)22-18(13-14-5-2-1-3-6-14)21-23-19(24-29-21)15-9-11-17(12-10-15)25(27)28/h1-3,5-6,9-12,16,18H,4,7-8,13H2,(H,22,26). The van der Waals surface area contributed by atoms with Gasteiger partial charge in [0.15, 0.2) is 0 Å². The molecule has 0 spiro atoms. The summed E-state index contributed by atoms with van der Waals surface area (Å²) in [6.07, 6.45) is 3.41. The summed E-state index contributed by atoms with van der Waals surface area (Å²) in [5, 5.41) is 17.9. The summed E-state index contributed by atoms with van der Waals surface area (Å²) in [4.78, 5) is 27.3. The predicted molar refractivity (Wildman–Crippen MR) is 105 cm³/mol. The summed E-state index contributed by atoms with van der Waals surface area (Å²) in [5.74, 6) is 0.693. The van der Waals surface area contributed by atoms with E-state index >= 15 is 0 Å². The van der Waals surface area contributed by atoms with Crippen LogP contribution in [0.3, 0.4) is 0 Å². The van der Waals surface area contributed by atoms with Crippen molar-refractivity contribution in [3.05, 3.63) is 76.2 Å². The average Bonchev–Trinajstić information content (AvgIpc) is 3.17. The molecule has 3 aromatic rings. The smallest absolute Gasteiger partial charge is 0.269 e. The molecule has 1 aromatic heterocycles. The fourth-order valence-corrected chi connectivity index (χ4v) is 3.24. The van der Waals surface area contributed by atoms with E-state index in [4.69, 9.17) is 4.52 Å². The van der Waals surface area contributed by atoms with Gasteiger partial charge in [0.2, 0.25) is 17.6 Å². The Morgan fingerprint density at radius 1 is 1.17 bits per heavy atom. The summed E-state index contributed by atoms with van der Waals surface area (Å²) in [7, 11) is 0. The number of hydrogen-bond acceptors (Lipinski definition) is 6. The number of rotatable bonds is 7. The molecule has 1 unspecified atom stereocenters. The number of nitro benzene ring substituents is 1. The fourth-order valence-electron chi connectivity index (χ4n) is 3.24. The van der Waals surface area contributed by atoms with Crippen LogP contribution in [0.5, 0.6) is 0 Å². The van der Waals surface area contributed by atoms with E-state index in [0.29, 0.717) is 23.7 Å². The van der Waals surface area contributed by atoms with Crippen LogP contribution in [0, 0.1) is 16.0 Å². The Labute approximate surface area is 167 Å². The van der Waals surface area contributed by atoms with E-state index in [2.05, 4.69) is 15.5 Å². The maximum atomic E-state index is 12.5. The van der Waals surface area contributed by atoms with Gasteiger partial charge in [0.25, 0.3) is 5.69 Å². The number of amides is 1. The molecule has 1 aliphatic rings. The highest BCUT2D eigenvalue weighted by Gasteiger charge is 2.29. The van der Waals surface area contributed by atoms with Gasteiger partial charge >= 0.3 is 0 Å². The van der Waals surface area contributed by atoms with Gasteiger partial charge in [0.1, 0.15) is 6.04 Å². The van der Waals surface area contributed by atoms with Crippen LogP contribution in [-0.4, -0.2) is 21.0 Å². The van der Waals surface area contributed by atoms with Gasteiger partial charge in [-0.2, -0.15) is 4.98 Å². The number of hydrogen-bond donors (Lipinski definition) is 1. The molecule has 8 heteroatoms. The first-order valence-electron chi connectivity index (χ1n) is 9.53. The monoisotopic (exact) mass is 392 g/mol. The van der Waals surface area contributed by atoms with E-state index in [1.54, 1.807) is 12.1 Å². The highest BCUT2D eigenvalue weighted by Crippen LogP contribution is 2.28. The summed E-state index contributed by atoms with van der Waals surface area (Å²) < 4.78 is 5.45. The first-order chi connectivity index (χ1) is 14.1. The zero-order chi connectivity index (χ0) is 20.2. The maximum Gasteiger partial charge on any atom is 0.269 e. The van der Waals surface area contributed by atoms with Crippen molar-refractivity contribution >= 4 is 11.6 Å². The molecule has 29 heavy (non-hydrogen) atoms. The lowest BCUT2D eigenvalue weighted by molar-refractivity contribution is -0.384. The summed E-state index contributed by atoms with van der Waals surface area (Å²) >= 11 is 0. The van der Waals surface area contributed by atoms with Gasteiger partial charge in [-0.15, -0.1) is 0 Å². The van der Waals surface area contributed by atoms with Crippen LogP contribution < -0.4 is 5.32 Å². The van der Waals surface area contributed by atoms with Crippen molar-refractivity contribution in [2.45, 2.75) is 31.7 Å². The molecule has 1 fully saturated rings. The molecule has 1 atom stereocenters. The molecular formula is C21H20N4O4. The van der Waals surface area contributed by atoms with E-state index < -0.39 is 11.0 Å². The van der Waals surface area contributed by atoms with E-state index in [1.807, 2.05) is 30.3 Å². The SMILES string of the molecule is O=C(NC(Cc1ccccc1)c1nc(-c2ccc([N+](=O)[O-])cc2)no1)C1CCC1. The molecular weight excluding hydrogens is 372 g/mol. The Balaban J connectivity index is 1.56. The first kappa shape index (κ1) is 18.8. The molecule has 1 amide bonds. The normalized spacial score (nSPS) is 14.8. The van der Waals surface area contributed by atoms with Crippen molar-refractivity contribution in [3.8, 4) is 11.4 Å². The van der Waals surface area contributed by atoms with Crippen molar-refractivity contribution < 1.29 is 14.2 Å². The minimum absolute atomic E-state index is 0.00673. The third-order valence-corrected chi connectivity index (χ3v) is 5.15. The van der Waals surface area contributed by atoms with E-state index in [0.717, 1.165) is 24.8 Å². The topological polar surface area (TPSA) is 111 Å². The van der Waals surface area contributed by atoms with Crippen LogP contribution in [0.2, 0.25) is 0 Å². The highest BCUT2D eigenvalue weighted by molar-refractivity contribution is 5.79. The zero-order valence-corrected chi connectivity index (χ0v) is 15.7. The molecule has 1 saturated carbocycles. The number of carbonyl (C=O) groups is 1. The lowest BCUT2D eigenvalue weighted by Crippen LogP contribution is -2.37. The second-order valence-electron chi connectivity index (χ2n) is 7.14. The lowest BCUT2D eigenvalue weighted by Gasteiger charge is -2.26. The molecule has 1 N–H and O–H groups in total. The summed E-state index contributed by atoms with van der Waals surface area (Å²) in [5.41, 5.74) is 1.64. The Bertz CT molecular complexity index is 997. The molecule has 2 aromatic carbocycles. The third-order valence-electron chi connectivity index (χ3n) is 5.15. The Kier molecular flexibility index (Phi) is 5.33. The zero-order valence-electron chi connectivity index (χ0n) is 15.7. The minimum Gasteiger partial charge on any atom is -0.344 e. The van der Waals surface area contributed by atoms with Crippen molar-refractivity contribution in [1.82, 2.24) is 15.5 Å². The third kappa shape index (κ3) is 4.31. The molecule has 0 radical (unpaired) electrons. The number of nitro groups is 1. The Morgan fingerprint density at radius 3 is 2.52 bits per heavy atom. The Morgan fingerprint density at radius 2 is 1.90 bits per heavy atom. The van der Waals surface area contributed by atoms with Crippen molar-refractivity contribution in [2.75, 3.05) is 0 Å². The average molecular weight is 392 g/mol. The molecule has 0 aliphatic heterocycles. The molecule has 8 nitrogen and oxygen atoms in total. The summed E-state index contributed by atoms with van der Waals surface area (Å²) in [6, 6.07) is 15.3.